The molecule has 0 saturated heterocycles. The van der Waals surface area contributed by atoms with Crippen molar-refractivity contribution in [3.8, 4) is 0 Å². The summed E-state index contributed by atoms with van der Waals surface area (Å²) in [6, 6.07) is 6.19. The highest BCUT2D eigenvalue weighted by Crippen LogP contribution is 2.09. The summed E-state index contributed by atoms with van der Waals surface area (Å²) < 4.78 is 0. The first-order chi connectivity index (χ1) is 6.72. The van der Waals surface area contributed by atoms with Crippen molar-refractivity contribution in [1.82, 2.24) is 4.98 Å². The van der Waals surface area contributed by atoms with Crippen LogP contribution in [0.4, 0.5) is 5.82 Å². The molecule has 0 fully saturated rings. The van der Waals surface area contributed by atoms with Crippen LogP contribution in [-0.2, 0) is 6.42 Å². The third-order valence-electron chi connectivity index (χ3n) is 1.98. The molecule has 14 heavy (non-hydrogen) atoms. The van der Waals surface area contributed by atoms with Crippen LogP contribution >= 0.6 is 0 Å². The Morgan fingerprint density at radius 1 is 1.36 bits per heavy atom. The molecule has 1 N–H and O–H groups in total. The molecule has 0 atom stereocenters. The van der Waals surface area contributed by atoms with Gasteiger partial charge < -0.3 is 5.32 Å². The number of nitrogens with one attached hydrogen (secondary N) is 1. The van der Waals surface area contributed by atoms with Gasteiger partial charge in [0.25, 0.3) is 0 Å². The van der Waals surface area contributed by atoms with E-state index in [4.69, 9.17) is 0 Å². The molecule has 0 bridgehead atoms. The van der Waals surface area contributed by atoms with E-state index in [9.17, 15) is 0 Å². The van der Waals surface area contributed by atoms with Crippen LogP contribution in [0.3, 0.4) is 0 Å². The van der Waals surface area contributed by atoms with E-state index in [2.05, 4.69) is 43.2 Å². The maximum Gasteiger partial charge on any atom is 0.126 e. The van der Waals surface area contributed by atoms with E-state index in [1.807, 2.05) is 6.07 Å². The maximum atomic E-state index is 4.54. The molecule has 0 saturated carbocycles. The molecule has 2 nitrogen and oxygen atoms in total. The monoisotopic (exact) mass is 192 g/mol. The van der Waals surface area contributed by atoms with Crippen molar-refractivity contribution in [3.05, 3.63) is 23.9 Å². The Morgan fingerprint density at radius 2 is 2.14 bits per heavy atom. The minimum Gasteiger partial charge on any atom is -0.370 e. The zero-order valence-corrected chi connectivity index (χ0v) is 9.38. The molecule has 0 aromatic carbocycles. The SMILES string of the molecule is CCCNc1cccc(CC(C)C)n1. The number of rotatable bonds is 5. The van der Waals surface area contributed by atoms with Gasteiger partial charge in [0.05, 0.1) is 0 Å². The van der Waals surface area contributed by atoms with Crippen molar-refractivity contribution >= 4 is 5.82 Å². The van der Waals surface area contributed by atoms with Crippen molar-refractivity contribution < 1.29 is 0 Å². The van der Waals surface area contributed by atoms with Gasteiger partial charge in [-0.05, 0) is 30.9 Å². The molecular weight excluding hydrogens is 172 g/mol. The lowest BCUT2D eigenvalue weighted by molar-refractivity contribution is 0.636. The van der Waals surface area contributed by atoms with Crippen LogP contribution in [0, 0.1) is 5.92 Å². The second-order valence-electron chi connectivity index (χ2n) is 4.04. The van der Waals surface area contributed by atoms with Crippen molar-refractivity contribution in [2.75, 3.05) is 11.9 Å². The third-order valence-corrected chi connectivity index (χ3v) is 1.98. The summed E-state index contributed by atoms with van der Waals surface area (Å²) >= 11 is 0. The molecule has 0 radical (unpaired) electrons. The number of anilines is 1. The topological polar surface area (TPSA) is 24.9 Å². The molecule has 78 valence electrons. The minimum atomic E-state index is 0.670. The fourth-order valence-corrected chi connectivity index (χ4v) is 1.36. The molecule has 0 aliphatic carbocycles. The number of nitrogens with zero attached hydrogens (tertiary/aromatic N) is 1. The number of hydrogen-bond donors (Lipinski definition) is 1. The van der Waals surface area contributed by atoms with Gasteiger partial charge in [-0.2, -0.15) is 0 Å². The van der Waals surface area contributed by atoms with E-state index in [0.717, 1.165) is 25.2 Å². The van der Waals surface area contributed by atoms with E-state index in [0.29, 0.717) is 5.92 Å². The molecule has 0 aliphatic rings. The quantitative estimate of drug-likeness (QED) is 0.775. The summed E-state index contributed by atoms with van der Waals surface area (Å²) in [5.41, 5.74) is 1.18. The lowest BCUT2D eigenvalue weighted by Gasteiger charge is -2.07. The van der Waals surface area contributed by atoms with Crippen LogP contribution < -0.4 is 5.32 Å². The van der Waals surface area contributed by atoms with Crippen LogP contribution in [-0.4, -0.2) is 11.5 Å². The number of aromatic nitrogens is 1. The van der Waals surface area contributed by atoms with Gasteiger partial charge in [0, 0.05) is 12.2 Å². The first kappa shape index (κ1) is 11.0. The van der Waals surface area contributed by atoms with Crippen molar-refractivity contribution in [3.63, 3.8) is 0 Å². The van der Waals surface area contributed by atoms with Gasteiger partial charge >= 0.3 is 0 Å². The van der Waals surface area contributed by atoms with Gasteiger partial charge in [0.15, 0.2) is 0 Å². The predicted molar refractivity (Wildman–Crippen MR) is 61.6 cm³/mol. The van der Waals surface area contributed by atoms with Crippen molar-refractivity contribution in [2.24, 2.45) is 5.92 Å². The van der Waals surface area contributed by atoms with Crippen LogP contribution in [0.2, 0.25) is 0 Å². The molecule has 0 amide bonds. The summed E-state index contributed by atoms with van der Waals surface area (Å²) in [6.45, 7) is 7.59. The number of pyridine rings is 1. The molecule has 1 aromatic rings. The van der Waals surface area contributed by atoms with Gasteiger partial charge in [-0.15, -0.1) is 0 Å². The summed E-state index contributed by atoms with van der Waals surface area (Å²) in [6.07, 6.45) is 2.19. The largest absolute Gasteiger partial charge is 0.370 e. The van der Waals surface area contributed by atoms with Gasteiger partial charge in [0.1, 0.15) is 5.82 Å². The first-order valence-corrected chi connectivity index (χ1v) is 5.42. The average molecular weight is 192 g/mol. The minimum absolute atomic E-state index is 0.670. The Morgan fingerprint density at radius 3 is 2.79 bits per heavy atom. The highest BCUT2D eigenvalue weighted by atomic mass is 15.0. The molecular formula is C12H20N2. The molecule has 1 aromatic heterocycles. The zero-order valence-electron chi connectivity index (χ0n) is 9.38. The summed E-state index contributed by atoms with van der Waals surface area (Å²) in [4.78, 5) is 4.54. The fraction of sp³-hybridized carbons (Fsp3) is 0.583. The Balaban J connectivity index is 2.59. The highest BCUT2D eigenvalue weighted by molar-refractivity contribution is 5.35. The van der Waals surface area contributed by atoms with Crippen molar-refractivity contribution in [2.45, 2.75) is 33.6 Å². The Bertz CT molecular complexity index is 269. The first-order valence-electron chi connectivity index (χ1n) is 5.42. The molecule has 0 aliphatic heterocycles. The van der Waals surface area contributed by atoms with Crippen LogP contribution in [0.1, 0.15) is 32.9 Å². The van der Waals surface area contributed by atoms with Gasteiger partial charge in [-0.25, -0.2) is 4.98 Å². The summed E-state index contributed by atoms with van der Waals surface area (Å²) in [7, 11) is 0. The maximum absolute atomic E-state index is 4.54. The average Bonchev–Trinajstić information content (AvgIpc) is 2.14. The van der Waals surface area contributed by atoms with E-state index in [1.54, 1.807) is 0 Å². The molecule has 0 spiro atoms. The van der Waals surface area contributed by atoms with Crippen LogP contribution in [0.25, 0.3) is 0 Å². The second kappa shape index (κ2) is 5.63. The van der Waals surface area contributed by atoms with Gasteiger partial charge in [-0.1, -0.05) is 26.8 Å². The predicted octanol–water partition coefficient (Wildman–Crippen LogP) is 3.10. The smallest absolute Gasteiger partial charge is 0.126 e. The molecule has 1 heterocycles. The summed E-state index contributed by atoms with van der Waals surface area (Å²) in [5, 5.41) is 3.30. The lowest BCUT2D eigenvalue weighted by Crippen LogP contribution is -2.04. The second-order valence-corrected chi connectivity index (χ2v) is 4.04. The summed E-state index contributed by atoms with van der Waals surface area (Å²) in [5.74, 6) is 1.67. The Hall–Kier alpha value is -1.05. The lowest BCUT2D eigenvalue weighted by atomic mass is 10.1. The molecule has 0 unspecified atom stereocenters. The number of hydrogen-bond acceptors (Lipinski definition) is 2. The van der Waals surface area contributed by atoms with E-state index >= 15 is 0 Å². The van der Waals surface area contributed by atoms with Gasteiger partial charge in [-0.3, -0.25) is 0 Å². The Labute approximate surface area is 86.8 Å². The van der Waals surface area contributed by atoms with Crippen LogP contribution in [0.5, 0.6) is 0 Å². The molecule has 2 heteroatoms. The zero-order chi connectivity index (χ0) is 10.4. The normalized spacial score (nSPS) is 10.6. The third kappa shape index (κ3) is 3.77. The standard InChI is InChI=1S/C12H20N2/c1-4-8-13-12-7-5-6-11(14-12)9-10(2)3/h5-7,10H,4,8-9H2,1-3H3,(H,13,14). The highest BCUT2D eigenvalue weighted by Gasteiger charge is 1.99. The fourth-order valence-electron chi connectivity index (χ4n) is 1.36. The van der Waals surface area contributed by atoms with Gasteiger partial charge in [0.2, 0.25) is 0 Å². The van der Waals surface area contributed by atoms with E-state index in [-0.39, 0.29) is 0 Å². The Kier molecular flexibility index (Phi) is 4.44. The van der Waals surface area contributed by atoms with E-state index in [1.165, 1.54) is 5.69 Å². The molecule has 1 rings (SSSR count). The van der Waals surface area contributed by atoms with E-state index < -0.39 is 0 Å². The van der Waals surface area contributed by atoms with Crippen molar-refractivity contribution in [1.29, 1.82) is 0 Å². The van der Waals surface area contributed by atoms with Crippen LogP contribution in [0.15, 0.2) is 18.2 Å².